The summed E-state index contributed by atoms with van der Waals surface area (Å²) in [5.41, 5.74) is 11.3. The fourth-order valence-electron chi connectivity index (χ4n) is 4.93. The maximum Gasteiger partial charge on any atom is 0.0705 e. The molecular formula is C33H28N2. The monoisotopic (exact) mass is 452 g/mol. The van der Waals surface area contributed by atoms with Crippen molar-refractivity contribution in [1.82, 2.24) is 9.97 Å². The van der Waals surface area contributed by atoms with E-state index in [-0.39, 0.29) is 5.41 Å². The van der Waals surface area contributed by atoms with Crippen molar-refractivity contribution in [3.63, 3.8) is 0 Å². The third-order valence-corrected chi connectivity index (χ3v) is 7.09. The Morgan fingerprint density at radius 3 is 1.37 bits per heavy atom. The average Bonchev–Trinajstić information content (AvgIpc) is 2.89. The first-order valence-corrected chi connectivity index (χ1v) is 12.3. The van der Waals surface area contributed by atoms with Crippen molar-refractivity contribution in [2.45, 2.75) is 32.1 Å². The Labute approximate surface area is 207 Å². The highest BCUT2D eigenvalue weighted by Crippen LogP contribution is 2.32. The van der Waals surface area contributed by atoms with E-state index in [4.69, 9.17) is 9.97 Å². The number of nitrogens with zero attached hydrogens (tertiary/aromatic N) is 2. The molecule has 0 fully saturated rings. The maximum absolute atomic E-state index is 5.09. The minimum atomic E-state index is -0.324. The van der Waals surface area contributed by atoms with Crippen LogP contribution >= 0.6 is 0 Å². The highest BCUT2D eigenvalue weighted by molar-refractivity contribution is 5.62. The standard InChI is InChI=1S/C33H28N2/c1-33(2)31-10-4-8-29(34-31)27-16-12-23(13-17-27)20-25-6-3-7-26(22-25)21-24-14-18-28(19-15-24)30-9-5-11-32(33)35-30/h3-19,22H,20-21H2,1-2H3. The lowest BCUT2D eigenvalue weighted by Gasteiger charge is -2.25. The zero-order chi connectivity index (χ0) is 23.8. The quantitative estimate of drug-likeness (QED) is 0.241. The zero-order valence-corrected chi connectivity index (χ0v) is 20.2. The van der Waals surface area contributed by atoms with Gasteiger partial charge in [-0.25, -0.2) is 0 Å². The van der Waals surface area contributed by atoms with Gasteiger partial charge in [0, 0.05) is 16.5 Å². The van der Waals surface area contributed by atoms with Gasteiger partial charge in [-0.15, -0.1) is 0 Å². The smallest absolute Gasteiger partial charge is 0.0705 e. The van der Waals surface area contributed by atoms with Crippen LogP contribution in [0.4, 0.5) is 0 Å². The zero-order valence-electron chi connectivity index (χ0n) is 20.2. The molecule has 2 aromatic heterocycles. The molecule has 0 radical (unpaired) electrons. The van der Waals surface area contributed by atoms with Crippen LogP contribution in [0.1, 0.15) is 47.5 Å². The van der Waals surface area contributed by atoms with Crippen LogP contribution in [0.3, 0.4) is 0 Å². The van der Waals surface area contributed by atoms with Crippen molar-refractivity contribution in [1.29, 1.82) is 0 Å². The number of hydrogen-bond acceptors (Lipinski definition) is 2. The summed E-state index contributed by atoms with van der Waals surface area (Å²) in [4.78, 5) is 10.2. The van der Waals surface area contributed by atoms with Crippen molar-refractivity contribution in [2.75, 3.05) is 0 Å². The maximum atomic E-state index is 5.09. The van der Waals surface area contributed by atoms with E-state index in [1.807, 2.05) is 0 Å². The number of aromatic nitrogens is 2. The summed E-state index contributed by atoms with van der Waals surface area (Å²) in [7, 11) is 0. The molecule has 0 unspecified atom stereocenters. The lowest BCUT2D eigenvalue weighted by molar-refractivity contribution is 0.597. The van der Waals surface area contributed by atoms with Gasteiger partial charge in [0.1, 0.15) is 0 Å². The van der Waals surface area contributed by atoms with E-state index in [1.54, 1.807) is 0 Å². The second-order valence-corrected chi connectivity index (χ2v) is 10.0. The van der Waals surface area contributed by atoms with E-state index in [9.17, 15) is 0 Å². The number of benzene rings is 3. The molecule has 4 aliphatic rings. The number of rotatable bonds is 0. The molecule has 0 atom stereocenters. The molecule has 9 rings (SSSR count). The van der Waals surface area contributed by atoms with Gasteiger partial charge in [-0.2, -0.15) is 0 Å². The van der Waals surface area contributed by atoms with Crippen LogP contribution in [0.25, 0.3) is 22.5 Å². The molecule has 0 aliphatic carbocycles. The Morgan fingerprint density at radius 1 is 0.486 bits per heavy atom. The molecule has 10 bridgehead atoms. The van der Waals surface area contributed by atoms with Gasteiger partial charge in [-0.05, 0) is 73.2 Å². The summed E-state index contributed by atoms with van der Waals surface area (Å²) in [5.74, 6) is 0. The van der Waals surface area contributed by atoms with Crippen LogP contribution in [0.15, 0.2) is 109 Å². The van der Waals surface area contributed by atoms with Gasteiger partial charge in [0.25, 0.3) is 0 Å². The van der Waals surface area contributed by atoms with E-state index in [1.165, 1.54) is 22.3 Å². The van der Waals surface area contributed by atoms with Gasteiger partial charge in [0.05, 0.1) is 22.8 Å². The molecule has 0 spiro atoms. The molecule has 0 N–H and O–H groups in total. The lowest BCUT2D eigenvalue weighted by Crippen LogP contribution is -2.22. The largest absolute Gasteiger partial charge is 0.252 e. The van der Waals surface area contributed by atoms with E-state index >= 15 is 0 Å². The van der Waals surface area contributed by atoms with Crippen LogP contribution in [0, 0.1) is 0 Å². The first kappa shape index (κ1) is 21.5. The van der Waals surface area contributed by atoms with Crippen LogP contribution in [0.2, 0.25) is 0 Å². The summed E-state index contributed by atoms with van der Waals surface area (Å²) in [5, 5.41) is 0. The SMILES string of the molecule is CC1(C)c2cccc(n2)-c2ccc(cc2)Cc2cccc(c2)Cc2ccc(cc2)-c2cccc1n2. The summed E-state index contributed by atoms with van der Waals surface area (Å²) >= 11 is 0. The first-order chi connectivity index (χ1) is 17.0. The minimum Gasteiger partial charge on any atom is -0.252 e. The molecule has 4 aliphatic heterocycles. The summed E-state index contributed by atoms with van der Waals surface area (Å²) in [6, 6.07) is 39.2. The molecule has 0 amide bonds. The van der Waals surface area contributed by atoms with Crippen molar-refractivity contribution in [3.8, 4) is 22.5 Å². The Hall–Kier alpha value is -4.04. The van der Waals surface area contributed by atoms with Gasteiger partial charge >= 0.3 is 0 Å². The normalized spacial score (nSPS) is 14.0. The van der Waals surface area contributed by atoms with E-state index < -0.39 is 0 Å². The molecule has 170 valence electrons. The van der Waals surface area contributed by atoms with Crippen LogP contribution < -0.4 is 0 Å². The van der Waals surface area contributed by atoms with Gasteiger partial charge in [0.15, 0.2) is 0 Å². The van der Waals surface area contributed by atoms with Crippen LogP contribution in [-0.2, 0) is 18.3 Å². The molecule has 2 heteroatoms. The fraction of sp³-hybridized carbons (Fsp3) is 0.152. The average molecular weight is 453 g/mol. The summed E-state index contributed by atoms with van der Waals surface area (Å²) in [6.45, 7) is 4.41. The fourth-order valence-corrected chi connectivity index (χ4v) is 4.93. The molecule has 3 aromatic carbocycles. The Bertz CT molecular complexity index is 1390. The third-order valence-electron chi connectivity index (χ3n) is 7.09. The highest BCUT2D eigenvalue weighted by Gasteiger charge is 2.27. The van der Waals surface area contributed by atoms with Crippen LogP contribution in [0.5, 0.6) is 0 Å². The van der Waals surface area contributed by atoms with E-state index in [0.29, 0.717) is 0 Å². The molecule has 5 aromatic rings. The molecule has 0 saturated heterocycles. The summed E-state index contributed by atoms with van der Waals surface area (Å²) in [6.07, 6.45) is 1.85. The minimum absolute atomic E-state index is 0.324. The predicted molar refractivity (Wildman–Crippen MR) is 144 cm³/mol. The third kappa shape index (κ3) is 4.28. The van der Waals surface area contributed by atoms with Crippen molar-refractivity contribution < 1.29 is 0 Å². The topological polar surface area (TPSA) is 25.8 Å². The van der Waals surface area contributed by atoms with Gasteiger partial charge in [-0.3, -0.25) is 9.97 Å². The second kappa shape index (κ2) is 8.63. The van der Waals surface area contributed by atoms with Gasteiger partial charge in [0.2, 0.25) is 0 Å². The Balaban J connectivity index is 1.50. The van der Waals surface area contributed by atoms with Gasteiger partial charge < -0.3 is 0 Å². The van der Waals surface area contributed by atoms with Crippen molar-refractivity contribution in [2.24, 2.45) is 0 Å². The molecule has 35 heavy (non-hydrogen) atoms. The lowest BCUT2D eigenvalue weighted by atomic mass is 9.84. The molecule has 0 saturated carbocycles. The first-order valence-electron chi connectivity index (χ1n) is 12.3. The number of pyridine rings is 2. The van der Waals surface area contributed by atoms with Crippen LogP contribution in [-0.4, -0.2) is 9.97 Å². The van der Waals surface area contributed by atoms with Crippen molar-refractivity contribution in [3.05, 3.63) is 143 Å². The predicted octanol–water partition coefficient (Wildman–Crippen LogP) is 7.63. The molecule has 6 heterocycles. The molecular weight excluding hydrogens is 424 g/mol. The summed E-state index contributed by atoms with van der Waals surface area (Å²) < 4.78 is 0. The number of hydrogen-bond donors (Lipinski definition) is 0. The second-order valence-electron chi connectivity index (χ2n) is 10.0. The molecule has 2 nitrogen and oxygen atoms in total. The highest BCUT2D eigenvalue weighted by atomic mass is 14.8. The van der Waals surface area contributed by atoms with E-state index in [0.717, 1.165) is 46.7 Å². The van der Waals surface area contributed by atoms with E-state index in [2.05, 4.69) is 123 Å². The van der Waals surface area contributed by atoms with Gasteiger partial charge in [-0.1, -0.05) is 84.9 Å². The Morgan fingerprint density at radius 2 is 0.914 bits per heavy atom. The van der Waals surface area contributed by atoms with Crippen molar-refractivity contribution >= 4 is 0 Å². The Kier molecular flexibility index (Phi) is 5.30.